The molecule has 1 atom stereocenters. The van der Waals surface area contributed by atoms with Crippen molar-refractivity contribution in [2.75, 3.05) is 45.8 Å². The summed E-state index contributed by atoms with van der Waals surface area (Å²) in [5.74, 6) is 1.91. The Hall–Kier alpha value is -1.55. The molecule has 1 unspecified atom stereocenters. The minimum atomic E-state index is 0. The van der Waals surface area contributed by atoms with Crippen molar-refractivity contribution in [2.24, 2.45) is 4.99 Å². The number of benzene rings is 1. The predicted octanol–water partition coefficient (Wildman–Crippen LogP) is 3.01. The molecule has 1 aliphatic heterocycles. The predicted molar refractivity (Wildman–Crippen MR) is 138 cm³/mol. The Balaban J connectivity index is 0.00000480. The van der Waals surface area contributed by atoms with E-state index in [0.29, 0.717) is 6.54 Å². The smallest absolute Gasteiger partial charge is 0.219 e. The molecule has 2 rings (SSSR count). The van der Waals surface area contributed by atoms with E-state index in [2.05, 4.69) is 61.4 Å². The van der Waals surface area contributed by atoms with Crippen molar-refractivity contribution in [3.05, 3.63) is 29.3 Å². The summed E-state index contributed by atoms with van der Waals surface area (Å²) < 4.78 is 6.11. The number of aryl methyl sites for hydroxylation is 1. The van der Waals surface area contributed by atoms with Crippen LogP contribution in [0.3, 0.4) is 0 Å². The summed E-state index contributed by atoms with van der Waals surface area (Å²) >= 11 is 0. The third kappa shape index (κ3) is 9.64. The Morgan fingerprint density at radius 1 is 1.19 bits per heavy atom. The fourth-order valence-electron chi connectivity index (χ4n) is 3.33. The summed E-state index contributed by atoms with van der Waals surface area (Å²) in [6.45, 7) is 16.6. The zero-order valence-corrected chi connectivity index (χ0v) is 22.1. The van der Waals surface area contributed by atoms with Crippen LogP contribution in [0.15, 0.2) is 23.2 Å². The second kappa shape index (κ2) is 14.5. The number of ether oxygens (including phenoxy) is 1. The first-order valence-electron chi connectivity index (χ1n) is 11.2. The normalized spacial score (nSPS) is 15.8. The Bertz CT molecular complexity index is 705. The van der Waals surface area contributed by atoms with Crippen LogP contribution in [0, 0.1) is 6.92 Å². The molecule has 0 saturated carbocycles. The van der Waals surface area contributed by atoms with E-state index in [-0.39, 0.29) is 36.0 Å². The average Bonchev–Trinajstić information content (AvgIpc) is 2.73. The van der Waals surface area contributed by atoms with Gasteiger partial charge in [-0.05, 0) is 38.8 Å². The standard InChI is InChI=1S/C23H39N5O2.HI/c1-6-19(4)30-22-16-18(3)8-9-21(22)17-26-23(24-7-2)25-10-11-27-12-14-28(15-13-27)20(5)29;/h8-9,16,19H,6-7,10-15,17H2,1-5H3,(H2,24,25,26);1H. The number of rotatable bonds is 9. The molecule has 1 heterocycles. The number of halogens is 1. The lowest BCUT2D eigenvalue weighted by Crippen LogP contribution is -2.50. The van der Waals surface area contributed by atoms with Crippen LogP contribution in [0.25, 0.3) is 0 Å². The van der Waals surface area contributed by atoms with Gasteiger partial charge in [0.1, 0.15) is 5.75 Å². The van der Waals surface area contributed by atoms with Crippen LogP contribution >= 0.6 is 24.0 Å². The van der Waals surface area contributed by atoms with E-state index in [1.54, 1.807) is 6.92 Å². The van der Waals surface area contributed by atoms with Crippen molar-refractivity contribution in [1.29, 1.82) is 0 Å². The SMILES string of the molecule is CCNC(=NCc1ccc(C)cc1OC(C)CC)NCCN1CCN(C(C)=O)CC1.I. The van der Waals surface area contributed by atoms with Gasteiger partial charge in [0.15, 0.2) is 5.96 Å². The highest BCUT2D eigenvalue weighted by molar-refractivity contribution is 14.0. The fourth-order valence-corrected chi connectivity index (χ4v) is 3.33. The van der Waals surface area contributed by atoms with E-state index in [1.807, 2.05) is 4.90 Å². The number of aliphatic imine (C=N–C) groups is 1. The Morgan fingerprint density at radius 3 is 2.52 bits per heavy atom. The molecular weight excluding hydrogens is 505 g/mol. The molecule has 0 aliphatic carbocycles. The van der Waals surface area contributed by atoms with Crippen LogP contribution in [0.4, 0.5) is 0 Å². The van der Waals surface area contributed by atoms with Crippen LogP contribution in [0.2, 0.25) is 0 Å². The first-order valence-corrected chi connectivity index (χ1v) is 11.2. The summed E-state index contributed by atoms with van der Waals surface area (Å²) in [6, 6.07) is 6.31. The molecule has 1 fully saturated rings. The van der Waals surface area contributed by atoms with Gasteiger partial charge in [0.05, 0.1) is 12.6 Å². The van der Waals surface area contributed by atoms with Gasteiger partial charge in [0.2, 0.25) is 5.91 Å². The van der Waals surface area contributed by atoms with Crippen molar-refractivity contribution in [1.82, 2.24) is 20.4 Å². The lowest BCUT2D eigenvalue weighted by Gasteiger charge is -2.34. The molecule has 1 aromatic carbocycles. The van der Waals surface area contributed by atoms with Crippen LogP contribution in [0.5, 0.6) is 5.75 Å². The van der Waals surface area contributed by atoms with E-state index >= 15 is 0 Å². The average molecular weight is 546 g/mol. The number of guanidine groups is 1. The molecule has 0 spiro atoms. The third-order valence-electron chi connectivity index (χ3n) is 5.42. The largest absolute Gasteiger partial charge is 0.490 e. The monoisotopic (exact) mass is 545 g/mol. The summed E-state index contributed by atoms with van der Waals surface area (Å²) in [5, 5.41) is 6.75. The molecule has 176 valence electrons. The summed E-state index contributed by atoms with van der Waals surface area (Å²) in [7, 11) is 0. The third-order valence-corrected chi connectivity index (χ3v) is 5.42. The van der Waals surface area contributed by atoms with Gasteiger partial charge in [-0.3, -0.25) is 9.69 Å². The first-order chi connectivity index (χ1) is 14.4. The molecule has 8 heteroatoms. The molecule has 1 aromatic rings. The summed E-state index contributed by atoms with van der Waals surface area (Å²) in [4.78, 5) is 20.5. The first kappa shape index (κ1) is 27.5. The zero-order chi connectivity index (χ0) is 21.9. The molecule has 0 aromatic heterocycles. The molecule has 31 heavy (non-hydrogen) atoms. The molecular formula is C23H40IN5O2. The van der Waals surface area contributed by atoms with Crippen LogP contribution < -0.4 is 15.4 Å². The quantitative estimate of drug-likeness (QED) is 0.284. The minimum Gasteiger partial charge on any atom is -0.490 e. The van der Waals surface area contributed by atoms with Crippen molar-refractivity contribution in [3.63, 3.8) is 0 Å². The van der Waals surface area contributed by atoms with E-state index in [1.165, 1.54) is 5.56 Å². The lowest BCUT2D eigenvalue weighted by molar-refractivity contribution is -0.130. The van der Waals surface area contributed by atoms with E-state index in [0.717, 1.165) is 69.5 Å². The Labute approximate surface area is 205 Å². The maximum Gasteiger partial charge on any atom is 0.219 e. The molecule has 1 amide bonds. The molecule has 1 saturated heterocycles. The molecule has 2 N–H and O–H groups in total. The molecule has 7 nitrogen and oxygen atoms in total. The maximum atomic E-state index is 11.5. The summed E-state index contributed by atoms with van der Waals surface area (Å²) in [6.07, 6.45) is 1.16. The highest BCUT2D eigenvalue weighted by atomic mass is 127. The van der Waals surface area contributed by atoms with Crippen molar-refractivity contribution in [2.45, 2.75) is 53.7 Å². The second-order valence-electron chi connectivity index (χ2n) is 7.92. The zero-order valence-electron chi connectivity index (χ0n) is 19.7. The van der Waals surface area contributed by atoms with Crippen molar-refractivity contribution in [3.8, 4) is 5.75 Å². The van der Waals surface area contributed by atoms with Gasteiger partial charge in [-0.15, -0.1) is 24.0 Å². The number of carbonyl (C=O) groups is 1. The van der Waals surface area contributed by atoms with Crippen LogP contribution in [-0.4, -0.2) is 73.6 Å². The molecule has 0 radical (unpaired) electrons. The number of amides is 1. The maximum absolute atomic E-state index is 11.5. The van der Waals surface area contributed by atoms with Gasteiger partial charge in [0, 0.05) is 58.3 Å². The second-order valence-corrected chi connectivity index (χ2v) is 7.92. The van der Waals surface area contributed by atoms with Gasteiger partial charge in [-0.1, -0.05) is 19.1 Å². The molecule has 1 aliphatic rings. The number of carbonyl (C=O) groups excluding carboxylic acids is 1. The minimum absolute atomic E-state index is 0. The van der Waals surface area contributed by atoms with Crippen LogP contribution in [-0.2, 0) is 11.3 Å². The van der Waals surface area contributed by atoms with E-state index < -0.39 is 0 Å². The Kier molecular flexibility index (Phi) is 12.9. The number of hydrogen-bond donors (Lipinski definition) is 2. The number of nitrogens with zero attached hydrogens (tertiary/aromatic N) is 3. The van der Waals surface area contributed by atoms with Gasteiger partial charge in [0.25, 0.3) is 0 Å². The summed E-state index contributed by atoms with van der Waals surface area (Å²) in [5.41, 5.74) is 2.29. The van der Waals surface area contributed by atoms with E-state index in [4.69, 9.17) is 9.73 Å². The topological polar surface area (TPSA) is 69.2 Å². The number of nitrogens with one attached hydrogen (secondary N) is 2. The number of hydrogen-bond acceptors (Lipinski definition) is 4. The highest BCUT2D eigenvalue weighted by Gasteiger charge is 2.18. The van der Waals surface area contributed by atoms with Crippen molar-refractivity contribution < 1.29 is 9.53 Å². The fraction of sp³-hybridized carbons (Fsp3) is 0.652. The van der Waals surface area contributed by atoms with Crippen LogP contribution in [0.1, 0.15) is 45.2 Å². The van der Waals surface area contributed by atoms with Gasteiger partial charge in [-0.25, -0.2) is 4.99 Å². The highest BCUT2D eigenvalue weighted by Crippen LogP contribution is 2.23. The van der Waals surface area contributed by atoms with Gasteiger partial charge < -0.3 is 20.3 Å². The Morgan fingerprint density at radius 2 is 1.90 bits per heavy atom. The van der Waals surface area contributed by atoms with Crippen molar-refractivity contribution >= 4 is 35.8 Å². The van der Waals surface area contributed by atoms with Gasteiger partial charge in [-0.2, -0.15) is 0 Å². The number of piperazine rings is 1. The van der Waals surface area contributed by atoms with E-state index in [9.17, 15) is 4.79 Å². The lowest BCUT2D eigenvalue weighted by atomic mass is 10.1. The van der Waals surface area contributed by atoms with Gasteiger partial charge >= 0.3 is 0 Å². The molecule has 0 bridgehead atoms.